The number of hydrogen-bond acceptors (Lipinski definition) is 4. The second kappa shape index (κ2) is 7.62. The molecule has 0 aliphatic rings. The molecule has 7 heteroatoms. The van der Waals surface area contributed by atoms with Crippen molar-refractivity contribution in [3.05, 3.63) is 18.7 Å². The van der Waals surface area contributed by atoms with Gasteiger partial charge in [0.05, 0.1) is 11.6 Å². The standard InChI is InChI=1S/C12H24N4O2S/c1-4-5-13-8-12(3)19(17,18)15-11(2)9-16-7-6-14-10-16/h6-7,10-13,15H,4-5,8-9H2,1-3H3. The topological polar surface area (TPSA) is 76.0 Å². The number of nitrogens with zero attached hydrogens (tertiary/aromatic N) is 2. The molecule has 19 heavy (non-hydrogen) atoms. The van der Waals surface area contributed by atoms with Crippen molar-refractivity contribution >= 4 is 10.0 Å². The molecule has 1 rings (SSSR count). The van der Waals surface area contributed by atoms with Crippen molar-refractivity contribution in [1.82, 2.24) is 19.6 Å². The average Bonchev–Trinajstić information content (AvgIpc) is 2.81. The first-order chi connectivity index (χ1) is 8.95. The lowest BCUT2D eigenvalue weighted by Gasteiger charge is -2.19. The molecule has 0 amide bonds. The summed E-state index contributed by atoms with van der Waals surface area (Å²) < 4.78 is 28.7. The Labute approximate surface area is 115 Å². The van der Waals surface area contributed by atoms with Gasteiger partial charge in [0.1, 0.15) is 0 Å². The molecule has 0 aliphatic carbocycles. The second-order valence-electron chi connectivity index (χ2n) is 4.84. The van der Waals surface area contributed by atoms with Crippen LogP contribution in [-0.2, 0) is 16.6 Å². The van der Waals surface area contributed by atoms with Crippen LogP contribution in [0.25, 0.3) is 0 Å². The van der Waals surface area contributed by atoms with Gasteiger partial charge in [-0.15, -0.1) is 0 Å². The third-order valence-electron chi connectivity index (χ3n) is 2.80. The number of aromatic nitrogens is 2. The molecule has 0 aliphatic heterocycles. The zero-order chi connectivity index (χ0) is 14.3. The van der Waals surface area contributed by atoms with Crippen LogP contribution in [0.1, 0.15) is 27.2 Å². The van der Waals surface area contributed by atoms with Crippen molar-refractivity contribution < 1.29 is 8.42 Å². The molecule has 0 spiro atoms. The van der Waals surface area contributed by atoms with Gasteiger partial charge in [-0.3, -0.25) is 0 Å². The molecule has 110 valence electrons. The van der Waals surface area contributed by atoms with Gasteiger partial charge in [0, 0.05) is 31.5 Å². The van der Waals surface area contributed by atoms with Crippen LogP contribution in [0.2, 0.25) is 0 Å². The van der Waals surface area contributed by atoms with Crippen LogP contribution in [0.15, 0.2) is 18.7 Å². The van der Waals surface area contributed by atoms with E-state index in [1.54, 1.807) is 19.4 Å². The molecule has 0 fully saturated rings. The van der Waals surface area contributed by atoms with E-state index in [9.17, 15) is 8.42 Å². The molecular formula is C12H24N4O2S. The van der Waals surface area contributed by atoms with Gasteiger partial charge in [0.15, 0.2) is 0 Å². The van der Waals surface area contributed by atoms with Crippen LogP contribution in [0, 0.1) is 0 Å². The van der Waals surface area contributed by atoms with Crippen molar-refractivity contribution in [3.8, 4) is 0 Å². The van der Waals surface area contributed by atoms with Crippen LogP contribution >= 0.6 is 0 Å². The van der Waals surface area contributed by atoms with Gasteiger partial charge in [0.2, 0.25) is 10.0 Å². The summed E-state index contributed by atoms with van der Waals surface area (Å²) in [7, 11) is -3.29. The van der Waals surface area contributed by atoms with E-state index in [2.05, 4.69) is 21.9 Å². The first-order valence-corrected chi connectivity index (χ1v) is 8.18. The van der Waals surface area contributed by atoms with E-state index in [1.165, 1.54) is 0 Å². The summed E-state index contributed by atoms with van der Waals surface area (Å²) in [5.74, 6) is 0. The molecule has 1 heterocycles. The largest absolute Gasteiger partial charge is 0.336 e. The first kappa shape index (κ1) is 16.1. The Kier molecular flexibility index (Phi) is 6.47. The summed E-state index contributed by atoms with van der Waals surface area (Å²) in [6, 6.07) is -0.159. The predicted octanol–water partition coefficient (Wildman–Crippen LogP) is 0.579. The molecule has 1 aromatic heterocycles. The number of sulfonamides is 1. The fourth-order valence-corrected chi connectivity index (χ4v) is 2.94. The second-order valence-corrected chi connectivity index (χ2v) is 6.97. The van der Waals surface area contributed by atoms with Crippen molar-refractivity contribution in [2.45, 2.75) is 45.0 Å². The van der Waals surface area contributed by atoms with E-state index >= 15 is 0 Å². The highest BCUT2D eigenvalue weighted by Crippen LogP contribution is 2.01. The normalized spacial score (nSPS) is 15.3. The van der Waals surface area contributed by atoms with E-state index in [1.807, 2.05) is 17.7 Å². The zero-order valence-electron chi connectivity index (χ0n) is 11.8. The van der Waals surface area contributed by atoms with Crippen LogP contribution in [-0.4, -0.2) is 42.4 Å². The molecule has 0 bridgehead atoms. The van der Waals surface area contributed by atoms with Crippen molar-refractivity contribution in [2.75, 3.05) is 13.1 Å². The maximum atomic E-state index is 12.1. The minimum absolute atomic E-state index is 0.159. The summed E-state index contributed by atoms with van der Waals surface area (Å²) in [4.78, 5) is 3.93. The van der Waals surface area contributed by atoms with Gasteiger partial charge in [-0.2, -0.15) is 0 Å². The quantitative estimate of drug-likeness (QED) is 0.652. The van der Waals surface area contributed by atoms with E-state index in [4.69, 9.17) is 0 Å². The summed E-state index contributed by atoms with van der Waals surface area (Å²) >= 11 is 0. The van der Waals surface area contributed by atoms with Gasteiger partial charge in [0.25, 0.3) is 0 Å². The van der Waals surface area contributed by atoms with Gasteiger partial charge >= 0.3 is 0 Å². The van der Waals surface area contributed by atoms with Crippen molar-refractivity contribution in [3.63, 3.8) is 0 Å². The lowest BCUT2D eigenvalue weighted by Crippen LogP contribution is -2.44. The van der Waals surface area contributed by atoms with E-state index in [0.717, 1.165) is 13.0 Å². The van der Waals surface area contributed by atoms with Gasteiger partial charge in [-0.25, -0.2) is 18.1 Å². The van der Waals surface area contributed by atoms with Crippen LogP contribution in [0.4, 0.5) is 0 Å². The van der Waals surface area contributed by atoms with Gasteiger partial charge in [-0.05, 0) is 26.8 Å². The maximum Gasteiger partial charge on any atom is 0.215 e. The molecule has 2 N–H and O–H groups in total. The third-order valence-corrected chi connectivity index (χ3v) is 4.75. The zero-order valence-corrected chi connectivity index (χ0v) is 12.7. The number of nitrogens with one attached hydrogen (secondary N) is 2. The number of rotatable bonds is 9. The maximum absolute atomic E-state index is 12.1. The smallest absolute Gasteiger partial charge is 0.215 e. The summed E-state index contributed by atoms with van der Waals surface area (Å²) in [6.07, 6.45) is 6.17. The van der Waals surface area contributed by atoms with Gasteiger partial charge < -0.3 is 9.88 Å². The molecule has 0 radical (unpaired) electrons. The summed E-state index contributed by atoms with van der Waals surface area (Å²) in [5.41, 5.74) is 0. The number of hydrogen-bond donors (Lipinski definition) is 2. The molecule has 2 unspecified atom stereocenters. The Morgan fingerprint density at radius 1 is 1.37 bits per heavy atom. The fraction of sp³-hybridized carbons (Fsp3) is 0.750. The van der Waals surface area contributed by atoms with E-state index in [-0.39, 0.29) is 6.04 Å². The first-order valence-electron chi connectivity index (χ1n) is 6.63. The highest BCUT2D eigenvalue weighted by Gasteiger charge is 2.22. The van der Waals surface area contributed by atoms with Crippen LogP contribution in [0.5, 0.6) is 0 Å². The minimum Gasteiger partial charge on any atom is -0.336 e. The van der Waals surface area contributed by atoms with Gasteiger partial charge in [-0.1, -0.05) is 6.92 Å². The molecule has 1 aromatic rings. The molecule has 0 saturated carbocycles. The SMILES string of the molecule is CCCNCC(C)S(=O)(=O)NC(C)Cn1ccnc1. The monoisotopic (exact) mass is 288 g/mol. The fourth-order valence-electron chi connectivity index (χ4n) is 1.74. The minimum atomic E-state index is -3.29. The lowest BCUT2D eigenvalue weighted by molar-refractivity contribution is 0.509. The Balaban J connectivity index is 2.44. The third kappa shape index (κ3) is 5.71. The molecule has 0 saturated heterocycles. The average molecular weight is 288 g/mol. The Bertz CT molecular complexity index is 444. The summed E-state index contributed by atoms with van der Waals surface area (Å²) in [6.45, 7) is 7.51. The highest BCUT2D eigenvalue weighted by molar-refractivity contribution is 7.90. The molecule has 2 atom stereocenters. The van der Waals surface area contributed by atoms with Crippen LogP contribution < -0.4 is 10.0 Å². The summed E-state index contributed by atoms with van der Waals surface area (Å²) in [5, 5.41) is 2.68. The van der Waals surface area contributed by atoms with Crippen molar-refractivity contribution in [2.24, 2.45) is 0 Å². The van der Waals surface area contributed by atoms with Crippen LogP contribution in [0.3, 0.4) is 0 Å². The molecule has 6 nitrogen and oxygen atoms in total. The Morgan fingerprint density at radius 3 is 2.68 bits per heavy atom. The number of imidazole rings is 1. The Morgan fingerprint density at radius 2 is 2.11 bits per heavy atom. The Hall–Kier alpha value is -0.920. The highest BCUT2D eigenvalue weighted by atomic mass is 32.2. The van der Waals surface area contributed by atoms with E-state index < -0.39 is 15.3 Å². The molecule has 0 aromatic carbocycles. The lowest BCUT2D eigenvalue weighted by atomic mass is 10.4. The predicted molar refractivity (Wildman–Crippen MR) is 76.4 cm³/mol. The van der Waals surface area contributed by atoms with E-state index in [0.29, 0.717) is 13.1 Å². The molecular weight excluding hydrogens is 264 g/mol. The van der Waals surface area contributed by atoms with Crippen molar-refractivity contribution in [1.29, 1.82) is 0 Å².